The fraction of sp³-hybridized carbons (Fsp3) is 0.111. The van der Waals surface area contributed by atoms with Crippen LogP contribution < -0.4 is 4.74 Å². The van der Waals surface area contributed by atoms with Gasteiger partial charge in [-0.05, 0) is 43.3 Å². The van der Waals surface area contributed by atoms with Crippen molar-refractivity contribution in [3.05, 3.63) is 65.9 Å². The average molecular weight is 308 g/mol. The molecule has 0 aliphatic heterocycles. The average Bonchev–Trinajstić information content (AvgIpc) is 2.93. The van der Waals surface area contributed by atoms with Gasteiger partial charge >= 0.3 is 5.97 Å². The summed E-state index contributed by atoms with van der Waals surface area (Å²) >= 11 is 0. The highest BCUT2D eigenvalue weighted by Crippen LogP contribution is 2.30. The van der Waals surface area contributed by atoms with E-state index in [2.05, 4.69) is 5.10 Å². The van der Waals surface area contributed by atoms with Crippen LogP contribution in [0.2, 0.25) is 0 Å². The SMILES string of the molecule is COc1ccc(-c2c(C(=O)O)c(C)nn2-c2ccccc2)cc1. The minimum absolute atomic E-state index is 0.207. The van der Waals surface area contributed by atoms with E-state index in [9.17, 15) is 9.90 Å². The van der Waals surface area contributed by atoms with E-state index >= 15 is 0 Å². The number of hydrogen-bond acceptors (Lipinski definition) is 3. The molecule has 5 heteroatoms. The van der Waals surface area contributed by atoms with Crippen molar-refractivity contribution >= 4 is 5.97 Å². The molecule has 0 bridgehead atoms. The van der Waals surface area contributed by atoms with E-state index in [1.807, 2.05) is 42.5 Å². The molecule has 23 heavy (non-hydrogen) atoms. The maximum atomic E-state index is 11.7. The van der Waals surface area contributed by atoms with Gasteiger partial charge in [0.05, 0.1) is 24.2 Å². The Bertz CT molecular complexity index is 837. The molecular weight excluding hydrogens is 292 g/mol. The third kappa shape index (κ3) is 2.68. The molecular formula is C18H16N2O3. The Labute approximate surface area is 133 Å². The van der Waals surface area contributed by atoms with E-state index in [-0.39, 0.29) is 5.56 Å². The van der Waals surface area contributed by atoms with Crippen molar-refractivity contribution in [1.82, 2.24) is 9.78 Å². The Morgan fingerprint density at radius 3 is 2.30 bits per heavy atom. The van der Waals surface area contributed by atoms with E-state index in [0.29, 0.717) is 17.1 Å². The predicted octanol–water partition coefficient (Wildman–Crippen LogP) is 3.55. The first-order chi connectivity index (χ1) is 11.1. The second kappa shape index (κ2) is 5.96. The van der Waals surface area contributed by atoms with Gasteiger partial charge in [0.1, 0.15) is 11.3 Å². The molecule has 0 fully saturated rings. The van der Waals surface area contributed by atoms with Gasteiger partial charge in [0.2, 0.25) is 0 Å². The van der Waals surface area contributed by atoms with Crippen molar-refractivity contribution in [2.24, 2.45) is 0 Å². The zero-order valence-corrected chi connectivity index (χ0v) is 12.9. The van der Waals surface area contributed by atoms with Gasteiger partial charge < -0.3 is 9.84 Å². The van der Waals surface area contributed by atoms with Gasteiger partial charge in [0, 0.05) is 5.56 Å². The summed E-state index contributed by atoms with van der Waals surface area (Å²) in [6, 6.07) is 16.8. The molecule has 0 aliphatic carbocycles. The van der Waals surface area contributed by atoms with Crippen LogP contribution in [0.1, 0.15) is 16.1 Å². The second-order valence-corrected chi connectivity index (χ2v) is 5.09. The summed E-state index contributed by atoms with van der Waals surface area (Å²) in [5.41, 5.74) is 2.83. The largest absolute Gasteiger partial charge is 0.497 e. The molecule has 0 saturated heterocycles. The van der Waals surface area contributed by atoms with Crippen molar-refractivity contribution in [1.29, 1.82) is 0 Å². The van der Waals surface area contributed by atoms with E-state index in [4.69, 9.17) is 4.74 Å². The number of ether oxygens (including phenoxy) is 1. The highest BCUT2D eigenvalue weighted by Gasteiger charge is 2.23. The van der Waals surface area contributed by atoms with E-state index in [1.54, 1.807) is 30.8 Å². The number of nitrogens with zero attached hydrogens (tertiary/aromatic N) is 2. The zero-order valence-electron chi connectivity index (χ0n) is 12.9. The highest BCUT2D eigenvalue weighted by molar-refractivity contribution is 5.96. The van der Waals surface area contributed by atoms with E-state index in [0.717, 1.165) is 11.3 Å². The number of carboxylic acids is 1. The lowest BCUT2D eigenvalue weighted by atomic mass is 10.1. The minimum atomic E-state index is -0.990. The zero-order chi connectivity index (χ0) is 16.4. The van der Waals surface area contributed by atoms with Crippen LogP contribution in [-0.4, -0.2) is 28.0 Å². The minimum Gasteiger partial charge on any atom is -0.497 e. The number of aromatic nitrogens is 2. The monoisotopic (exact) mass is 308 g/mol. The van der Waals surface area contributed by atoms with Crippen LogP contribution >= 0.6 is 0 Å². The summed E-state index contributed by atoms with van der Waals surface area (Å²) in [6.07, 6.45) is 0. The van der Waals surface area contributed by atoms with Crippen LogP contribution in [0.3, 0.4) is 0 Å². The number of aromatic carboxylic acids is 1. The summed E-state index contributed by atoms with van der Waals surface area (Å²) in [6.45, 7) is 1.70. The fourth-order valence-electron chi connectivity index (χ4n) is 2.55. The Kier molecular flexibility index (Phi) is 3.85. The Morgan fingerprint density at radius 1 is 1.09 bits per heavy atom. The number of benzene rings is 2. The normalized spacial score (nSPS) is 10.5. The quantitative estimate of drug-likeness (QED) is 0.800. The van der Waals surface area contributed by atoms with Crippen molar-refractivity contribution in [2.75, 3.05) is 7.11 Å². The Balaban J connectivity index is 2.25. The van der Waals surface area contributed by atoms with Gasteiger partial charge in [-0.25, -0.2) is 9.48 Å². The Hall–Kier alpha value is -3.08. The van der Waals surface area contributed by atoms with Crippen LogP contribution in [0.25, 0.3) is 16.9 Å². The number of methoxy groups -OCH3 is 1. The fourth-order valence-corrected chi connectivity index (χ4v) is 2.55. The van der Waals surface area contributed by atoms with E-state index in [1.165, 1.54) is 0 Å². The third-order valence-corrected chi connectivity index (χ3v) is 3.64. The van der Waals surface area contributed by atoms with Gasteiger partial charge in [-0.15, -0.1) is 0 Å². The van der Waals surface area contributed by atoms with Crippen LogP contribution in [0.4, 0.5) is 0 Å². The highest BCUT2D eigenvalue weighted by atomic mass is 16.5. The van der Waals surface area contributed by atoms with E-state index < -0.39 is 5.97 Å². The first kappa shape index (κ1) is 14.8. The summed E-state index contributed by atoms with van der Waals surface area (Å²) in [5.74, 6) is -0.274. The van der Waals surface area contributed by atoms with Crippen LogP contribution in [0.5, 0.6) is 5.75 Å². The lowest BCUT2D eigenvalue weighted by Crippen LogP contribution is -2.03. The number of rotatable bonds is 4. The second-order valence-electron chi connectivity index (χ2n) is 5.09. The molecule has 3 aromatic rings. The van der Waals surface area contributed by atoms with Crippen molar-refractivity contribution in [3.63, 3.8) is 0 Å². The predicted molar refractivity (Wildman–Crippen MR) is 87.2 cm³/mol. The number of para-hydroxylation sites is 1. The summed E-state index contributed by atoms with van der Waals surface area (Å²) in [4.78, 5) is 11.7. The van der Waals surface area contributed by atoms with Crippen LogP contribution in [0.15, 0.2) is 54.6 Å². The van der Waals surface area contributed by atoms with Crippen molar-refractivity contribution in [3.8, 4) is 22.7 Å². The molecule has 5 nitrogen and oxygen atoms in total. The number of hydrogen-bond donors (Lipinski definition) is 1. The molecule has 0 saturated carbocycles. The third-order valence-electron chi connectivity index (χ3n) is 3.64. The number of aryl methyl sites for hydroxylation is 1. The first-order valence-electron chi connectivity index (χ1n) is 7.14. The van der Waals surface area contributed by atoms with Crippen LogP contribution in [-0.2, 0) is 0 Å². The lowest BCUT2D eigenvalue weighted by molar-refractivity contribution is 0.0697. The molecule has 0 amide bonds. The molecule has 0 unspecified atom stereocenters. The number of carbonyl (C=O) groups is 1. The molecule has 116 valence electrons. The maximum Gasteiger partial charge on any atom is 0.339 e. The molecule has 1 N–H and O–H groups in total. The van der Waals surface area contributed by atoms with Crippen molar-refractivity contribution < 1.29 is 14.6 Å². The molecule has 0 spiro atoms. The van der Waals surface area contributed by atoms with Crippen LogP contribution in [0, 0.1) is 6.92 Å². The van der Waals surface area contributed by atoms with Gasteiger partial charge in [-0.1, -0.05) is 18.2 Å². The summed E-state index contributed by atoms with van der Waals surface area (Å²) in [7, 11) is 1.59. The topological polar surface area (TPSA) is 64.3 Å². The first-order valence-corrected chi connectivity index (χ1v) is 7.14. The van der Waals surface area contributed by atoms with Gasteiger partial charge in [-0.3, -0.25) is 0 Å². The standard InChI is InChI=1S/C18H16N2O3/c1-12-16(18(21)22)17(13-8-10-15(23-2)11-9-13)20(19-12)14-6-4-3-5-7-14/h3-11H,1-2H3,(H,21,22). The maximum absolute atomic E-state index is 11.7. The molecule has 3 rings (SSSR count). The molecule has 1 heterocycles. The lowest BCUT2D eigenvalue weighted by Gasteiger charge is -2.09. The summed E-state index contributed by atoms with van der Waals surface area (Å²) < 4.78 is 6.83. The smallest absolute Gasteiger partial charge is 0.339 e. The molecule has 2 aromatic carbocycles. The molecule has 0 aliphatic rings. The van der Waals surface area contributed by atoms with Gasteiger partial charge in [0.15, 0.2) is 0 Å². The molecule has 0 radical (unpaired) electrons. The Morgan fingerprint density at radius 2 is 1.74 bits per heavy atom. The number of carboxylic acid groups (broad SMARTS) is 1. The summed E-state index contributed by atoms with van der Waals surface area (Å²) in [5, 5.41) is 14.0. The van der Waals surface area contributed by atoms with Gasteiger partial charge in [0.25, 0.3) is 0 Å². The molecule has 0 atom stereocenters. The van der Waals surface area contributed by atoms with Gasteiger partial charge in [-0.2, -0.15) is 5.10 Å². The molecule has 1 aromatic heterocycles. The van der Waals surface area contributed by atoms with Crippen molar-refractivity contribution in [2.45, 2.75) is 6.92 Å².